The van der Waals surface area contributed by atoms with Crippen molar-refractivity contribution < 1.29 is 0 Å². The lowest BCUT2D eigenvalue weighted by atomic mass is 10.1. The van der Waals surface area contributed by atoms with E-state index in [9.17, 15) is 0 Å². The van der Waals surface area contributed by atoms with Crippen molar-refractivity contribution >= 4 is 5.95 Å². The minimum Gasteiger partial charge on any atom is -0.338 e. The SMILES string of the molecule is Cc1nc(N2CCN(C)CC2)ncc1[C@H](C)N. The Labute approximate surface area is 103 Å². The summed E-state index contributed by atoms with van der Waals surface area (Å²) in [5.74, 6) is 0.833. The van der Waals surface area contributed by atoms with Crippen LogP contribution in [0.25, 0.3) is 0 Å². The van der Waals surface area contributed by atoms with Crippen molar-refractivity contribution in [2.75, 3.05) is 38.1 Å². The molecule has 0 radical (unpaired) electrons. The van der Waals surface area contributed by atoms with Gasteiger partial charge in [0, 0.05) is 49.7 Å². The van der Waals surface area contributed by atoms with Crippen molar-refractivity contribution in [3.8, 4) is 0 Å². The third kappa shape index (κ3) is 2.73. The molecular formula is C12H21N5. The second-order valence-electron chi connectivity index (χ2n) is 4.79. The van der Waals surface area contributed by atoms with Gasteiger partial charge in [-0.1, -0.05) is 0 Å². The molecule has 2 N–H and O–H groups in total. The summed E-state index contributed by atoms with van der Waals surface area (Å²) in [6.45, 7) is 8.08. The Morgan fingerprint density at radius 2 is 1.94 bits per heavy atom. The van der Waals surface area contributed by atoms with Crippen molar-refractivity contribution in [2.45, 2.75) is 19.9 Å². The molecule has 2 heterocycles. The molecule has 1 aliphatic heterocycles. The van der Waals surface area contributed by atoms with Crippen LogP contribution < -0.4 is 10.6 Å². The maximum absolute atomic E-state index is 5.86. The van der Waals surface area contributed by atoms with E-state index >= 15 is 0 Å². The number of likely N-dealkylation sites (N-methyl/N-ethyl adjacent to an activating group) is 1. The number of anilines is 1. The van der Waals surface area contributed by atoms with Crippen molar-refractivity contribution in [2.24, 2.45) is 5.73 Å². The van der Waals surface area contributed by atoms with Gasteiger partial charge in [0.1, 0.15) is 0 Å². The lowest BCUT2D eigenvalue weighted by molar-refractivity contribution is 0.311. The highest BCUT2D eigenvalue weighted by molar-refractivity contribution is 5.34. The number of hydrogen-bond acceptors (Lipinski definition) is 5. The fourth-order valence-electron chi connectivity index (χ4n) is 2.07. The van der Waals surface area contributed by atoms with Crippen LogP contribution in [0.5, 0.6) is 0 Å². The third-order valence-corrected chi connectivity index (χ3v) is 3.28. The molecule has 0 bridgehead atoms. The predicted octanol–water partition coefficient (Wildman–Crippen LogP) is 0.557. The van der Waals surface area contributed by atoms with Crippen molar-refractivity contribution in [1.82, 2.24) is 14.9 Å². The fourth-order valence-corrected chi connectivity index (χ4v) is 2.07. The summed E-state index contributed by atoms with van der Waals surface area (Å²) in [5, 5.41) is 0. The zero-order valence-corrected chi connectivity index (χ0v) is 10.8. The summed E-state index contributed by atoms with van der Waals surface area (Å²) in [6, 6.07) is -0.00320. The second-order valence-corrected chi connectivity index (χ2v) is 4.79. The highest BCUT2D eigenvalue weighted by Gasteiger charge is 2.17. The summed E-state index contributed by atoms with van der Waals surface area (Å²) in [4.78, 5) is 13.5. The monoisotopic (exact) mass is 235 g/mol. The number of nitrogens with two attached hydrogens (primary N) is 1. The first-order chi connectivity index (χ1) is 8.08. The van der Waals surface area contributed by atoms with Gasteiger partial charge in [-0.3, -0.25) is 0 Å². The maximum Gasteiger partial charge on any atom is 0.225 e. The zero-order chi connectivity index (χ0) is 12.4. The molecule has 0 aliphatic carbocycles. The second kappa shape index (κ2) is 4.98. The smallest absolute Gasteiger partial charge is 0.225 e. The van der Waals surface area contributed by atoms with Crippen molar-refractivity contribution in [3.05, 3.63) is 17.5 Å². The molecule has 17 heavy (non-hydrogen) atoms. The highest BCUT2D eigenvalue weighted by atomic mass is 15.3. The third-order valence-electron chi connectivity index (χ3n) is 3.28. The highest BCUT2D eigenvalue weighted by Crippen LogP contribution is 2.16. The number of nitrogens with zero attached hydrogens (tertiary/aromatic N) is 4. The van der Waals surface area contributed by atoms with Crippen LogP contribution in [0, 0.1) is 6.92 Å². The van der Waals surface area contributed by atoms with E-state index in [1.54, 1.807) is 0 Å². The molecule has 0 saturated carbocycles. The van der Waals surface area contributed by atoms with Gasteiger partial charge in [0.15, 0.2) is 0 Å². The normalized spacial score (nSPS) is 19.4. The number of rotatable bonds is 2. The molecule has 2 rings (SSSR count). The van der Waals surface area contributed by atoms with E-state index in [1.165, 1.54) is 0 Å². The average molecular weight is 235 g/mol. The van der Waals surface area contributed by atoms with Crippen LogP contribution in [-0.4, -0.2) is 48.1 Å². The van der Waals surface area contributed by atoms with Gasteiger partial charge in [-0.2, -0.15) is 0 Å². The largest absolute Gasteiger partial charge is 0.338 e. The van der Waals surface area contributed by atoms with Crippen LogP contribution in [0.15, 0.2) is 6.20 Å². The Bertz CT molecular complexity index is 382. The van der Waals surface area contributed by atoms with Gasteiger partial charge in [-0.25, -0.2) is 9.97 Å². The van der Waals surface area contributed by atoms with E-state index in [4.69, 9.17) is 5.73 Å². The van der Waals surface area contributed by atoms with Crippen LogP contribution >= 0.6 is 0 Å². The molecule has 0 spiro atoms. The first-order valence-corrected chi connectivity index (χ1v) is 6.10. The zero-order valence-electron chi connectivity index (χ0n) is 10.8. The van der Waals surface area contributed by atoms with E-state index < -0.39 is 0 Å². The standard InChI is InChI=1S/C12H21N5/c1-9(13)11-8-14-12(15-10(11)2)17-6-4-16(3)5-7-17/h8-9H,4-7,13H2,1-3H3/t9-/m0/s1. The van der Waals surface area contributed by atoms with Gasteiger partial charge in [0.25, 0.3) is 0 Å². The summed E-state index contributed by atoms with van der Waals surface area (Å²) in [5.41, 5.74) is 7.88. The Morgan fingerprint density at radius 3 is 2.47 bits per heavy atom. The average Bonchev–Trinajstić information content (AvgIpc) is 2.29. The Kier molecular flexibility index (Phi) is 3.59. The van der Waals surface area contributed by atoms with E-state index in [-0.39, 0.29) is 6.04 Å². The fraction of sp³-hybridized carbons (Fsp3) is 0.667. The van der Waals surface area contributed by atoms with Gasteiger partial charge < -0.3 is 15.5 Å². The maximum atomic E-state index is 5.86. The molecule has 0 amide bonds. The van der Waals surface area contributed by atoms with Crippen LogP contribution in [-0.2, 0) is 0 Å². The molecule has 94 valence electrons. The number of aryl methyl sites for hydroxylation is 1. The molecule has 1 aromatic heterocycles. The molecule has 1 aromatic rings. The molecule has 5 nitrogen and oxygen atoms in total. The summed E-state index contributed by atoms with van der Waals surface area (Å²) < 4.78 is 0. The van der Waals surface area contributed by atoms with E-state index in [2.05, 4.69) is 26.8 Å². The lowest BCUT2D eigenvalue weighted by Gasteiger charge is -2.32. The van der Waals surface area contributed by atoms with Crippen molar-refractivity contribution in [1.29, 1.82) is 0 Å². The predicted molar refractivity (Wildman–Crippen MR) is 69.1 cm³/mol. The number of piperazine rings is 1. The van der Waals surface area contributed by atoms with Crippen LogP contribution in [0.1, 0.15) is 24.2 Å². The Morgan fingerprint density at radius 1 is 1.29 bits per heavy atom. The molecular weight excluding hydrogens is 214 g/mol. The molecule has 1 atom stereocenters. The summed E-state index contributed by atoms with van der Waals surface area (Å²) in [7, 11) is 2.14. The first-order valence-electron chi connectivity index (χ1n) is 6.10. The van der Waals surface area contributed by atoms with Crippen molar-refractivity contribution in [3.63, 3.8) is 0 Å². The summed E-state index contributed by atoms with van der Waals surface area (Å²) >= 11 is 0. The van der Waals surface area contributed by atoms with E-state index in [1.807, 2.05) is 20.0 Å². The van der Waals surface area contributed by atoms with E-state index in [0.29, 0.717) is 0 Å². The van der Waals surface area contributed by atoms with Crippen LogP contribution in [0.4, 0.5) is 5.95 Å². The minimum absolute atomic E-state index is 0.00320. The lowest BCUT2D eigenvalue weighted by Crippen LogP contribution is -2.45. The quantitative estimate of drug-likeness (QED) is 0.811. The molecule has 1 saturated heterocycles. The first kappa shape index (κ1) is 12.3. The molecule has 1 aliphatic rings. The molecule has 1 fully saturated rings. The molecule has 5 heteroatoms. The van der Waals surface area contributed by atoms with Crippen LogP contribution in [0.3, 0.4) is 0 Å². The van der Waals surface area contributed by atoms with Crippen LogP contribution in [0.2, 0.25) is 0 Å². The number of hydrogen-bond donors (Lipinski definition) is 1. The Balaban J connectivity index is 2.14. The molecule has 0 unspecified atom stereocenters. The summed E-state index contributed by atoms with van der Waals surface area (Å²) in [6.07, 6.45) is 1.86. The topological polar surface area (TPSA) is 58.3 Å². The van der Waals surface area contributed by atoms with Gasteiger partial charge in [-0.05, 0) is 20.9 Å². The van der Waals surface area contributed by atoms with E-state index in [0.717, 1.165) is 43.4 Å². The number of aromatic nitrogens is 2. The Hall–Kier alpha value is -1.20. The molecule has 0 aromatic carbocycles. The van der Waals surface area contributed by atoms with Gasteiger partial charge in [0.05, 0.1) is 0 Å². The minimum atomic E-state index is -0.00320. The van der Waals surface area contributed by atoms with Gasteiger partial charge in [-0.15, -0.1) is 0 Å². The van der Waals surface area contributed by atoms with Gasteiger partial charge in [0.2, 0.25) is 5.95 Å². The van der Waals surface area contributed by atoms with Gasteiger partial charge >= 0.3 is 0 Å².